The highest BCUT2D eigenvalue weighted by Gasteiger charge is 2.12. The van der Waals surface area contributed by atoms with Crippen molar-refractivity contribution in [2.24, 2.45) is 7.05 Å². The molecule has 0 N–H and O–H groups in total. The van der Waals surface area contributed by atoms with E-state index < -0.39 is 0 Å². The Bertz CT molecular complexity index is 705. The van der Waals surface area contributed by atoms with Crippen molar-refractivity contribution in [1.29, 1.82) is 0 Å². The minimum absolute atomic E-state index is 0.000424. The molecule has 0 bridgehead atoms. The number of carbonyl (C=O) groups is 1. The lowest BCUT2D eigenvalue weighted by Crippen LogP contribution is -2.35. The van der Waals surface area contributed by atoms with Gasteiger partial charge >= 0.3 is 0 Å². The summed E-state index contributed by atoms with van der Waals surface area (Å²) in [6, 6.07) is 3.26. The van der Waals surface area contributed by atoms with Crippen molar-refractivity contribution in [2.75, 3.05) is 20.7 Å². The second kappa shape index (κ2) is 6.93. The summed E-state index contributed by atoms with van der Waals surface area (Å²) in [6.45, 7) is 0.572. The molecule has 0 radical (unpaired) electrons. The normalized spacial score (nSPS) is 10.5. The smallest absolute Gasteiger partial charge is 0.293 e. The Morgan fingerprint density at radius 1 is 1.45 bits per heavy atom. The van der Waals surface area contributed by atoms with Crippen molar-refractivity contribution >= 4 is 5.91 Å². The monoisotopic (exact) mass is 304 g/mol. The van der Waals surface area contributed by atoms with E-state index in [1.165, 1.54) is 11.7 Å². The molecule has 0 aliphatic rings. The number of pyridine rings is 1. The molecule has 7 heteroatoms. The number of likely N-dealkylation sites (N-methyl/N-ethyl adjacent to an activating group) is 1. The van der Waals surface area contributed by atoms with Crippen LogP contribution in [0.15, 0.2) is 35.5 Å². The van der Waals surface area contributed by atoms with Gasteiger partial charge in [-0.25, -0.2) is 0 Å². The zero-order chi connectivity index (χ0) is 16.1. The first kappa shape index (κ1) is 15.8. The van der Waals surface area contributed by atoms with Crippen molar-refractivity contribution < 1.29 is 9.53 Å². The van der Waals surface area contributed by atoms with Crippen LogP contribution in [0.3, 0.4) is 0 Å². The van der Waals surface area contributed by atoms with Crippen molar-refractivity contribution in [3.8, 4) is 5.75 Å². The number of methoxy groups -OCH3 is 1. The Balaban J connectivity index is 1.95. The lowest BCUT2D eigenvalue weighted by Gasteiger charge is -2.17. The summed E-state index contributed by atoms with van der Waals surface area (Å²) in [6.07, 6.45) is 6.01. The minimum atomic E-state index is -0.306. The summed E-state index contributed by atoms with van der Waals surface area (Å²) in [5.41, 5.74) is 0.764. The fraction of sp³-hybridized carbons (Fsp3) is 0.400. The van der Waals surface area contributed by atoms with Gasteiger partial charge in [0.25, 0.3) is 5.56 Å². The number of rotatable bonds is 6. The Morgan fingerprint density at radius 3 is 2.86 bits per heavy atom. The molecule has 0 atom stereocenters. The second-order valence-electron chi connectivity index (χ2n) is 5.10. The molecule has 0 fully saturated rings. The molecule has 2 rings (SSSR count). The maximum Gasteiger partial charge on any atom is 0.293 e. The van der Waals surface area contributed by atoms with Crippen LogP contribution in [-0.2, 0) is 24.8 Å². The summed E-state index contributed by atoms with van der Waals surface area (Å²) in [5.74, 6) is 0.104. The SMILES string of the molecule is COc1cccn(CC(=O)N(C)CCc2cnn(C)c2)c1=O. The highest BCUT2D eigenvalue weighted by atomic mass is 16.5. The molecular formula is C15H20N4O3. The number of nitrogens with zero attached hydrogens (tertiary/aromatic N) is 4. The number of hydrogen-bond donors (Lipinski definition) is 0. The van der Waals surface area contributed by atoms with Gasteiger partial charge in [-0.1, -0.05) is 0 Å². The quantitative estimate of drug-likeness (QED) is 0.769. The van der Waals surface area contributed by atoms with E-state index in [0.717, 1.165) is 12.0 Å². The van der Waals surface area contributed by atoms with Crippen LogP contribution in [0, 0.1) is 0 Å². The molecule has 22 heavy (non-hydrogen) atoms. The zero-order valence-corrected chi connectivity index (χ0v) is 13.0. The minimum Gasteiger partial charge on any atom is -0.491 e. The third-order valence-electron chi connectivity index (χ3n) is 3.43. The molecule has 0 saturated heterocycles. The third kappa shape index (κ3) is 3.75. The first-order valence-electron chi connectivity index (χ1n) is 6.96. The zero-order valence-electron chi connectivity index (χ0n) is 13.0. The predicted molar refractivity (Wildman–Crippen MR) is 81.8 cm³/mol. The number of aryl methyl sites for hydroxylation is 1. The van der Waals surface area contributed by atoms with E-state index in [2.05, 4.69) is 5.10 Å². The molecule has 7 nitrogen and oxygen atoms in total. The molecule has 118 valence electrons. The van der Waals surface area contributed by atoms with Gasteiger partial charge in [0.05, 0.1) is 13.3 Å². The number of hydrogen-bond acceptors (Lipinski definition) is 4. The molecule has 0 aromatic carbocycles. The standard InChI is InChI=1S/C15H20N4O3/c1-17(8-6-12-9-16-18(2)10-12)14(20)11-19-7-4-5-13(22-3)15(19)21/h4-5,7,9-10H,6,8,11H2,1-3H3. The number of aromatic nitrogens is 3. The maximum atomic E-state index is 12.2. The molecule has 0 aliphatic carbocycles. The molecule has 0 saturated carbocycles. The van der Waals surface area contributed by atoms with Gasteiger partial charge in [0.2, 0.25) is 5.91 Å². The predicted octanol–water partition coefficient (Wildman–Crippen LogP) is 0.291. The van der Waals surface area contributed by atoms with Crippen LogP contribution in [0.1, 0.15) is 5.56 Å². The summed E-state index contributed by atoms with van der Waals surface area (Å²) in [4.78, 5) is 25.8. The van der Waals surface area contributed by atoms with Gasteiger partial charge < -0.3 is 14.2 Å². The van der Waals surface area contributed by atoms with Crippen molar-refractivity contribution in [2.45, 2.75) is 13.0 Å². The van der Waals surface area contributed by atoms with Gasteiger partial charge in [-0.15, -0.1) is 0 Å². The molecule has 2 aromatic heterocycles. The molecule has 1 amide bonds. The van der Waals surface area contributed by atoms with Crippen LogP contribution >= 0.6 is 0 Å². The summed E-state index contributed by atoms with van der Waals surface area (Å²) >= 11 is 0. The van der Waals surface area contributed by atoms with E-state index >= 15 is 0 Å². The van der Waals surface area contributed by atoms with Crippen molar-refractivity contribution in [1.82, 2.24) is 19.2 Å². The highest BCUT2D eigenvalue weighted by molar-refractivity contribution is 5.75. The Kier molecular flexibility index (Phi) is 4.98. The fourth-order valence-corrected chi connectivity index (χ4v) is 2.08. The van der Waals surface area contributed by atoms with Gasteiger partial charge in [0.1, 0.15) is 6.54 Å². The topological polar surface area (TPSA) is 69.4 Å². The van der Waals surface area contributed by atoms with Gasteiger partial charge in [-0.2, -0.15) is 5.10 Å². The van der Waals surface area contributed by atoms with Crippen LogP contribution in [0.4, 0.5) is 0 Å². The largest absolute Gasteiger partial charge is 0.491 e. The lowest BCUT2D eigenvalue weighted by molar-refractivity contribution is -0.130. The Morgan fingerprint density at radius 2 is 2.23 bits per heavy atom. The second-order valence-corrected chi connectivity index (χ2v) is 5.10. The van der Waals surface area contributed by atoms with Gasteiger partial charge in [-0.3, -0.25) is 14.3 Å². The van der Waals surface area contributed by atoms with E-state index in [0.29, 0.717) is 6.54 Å². The van der Waals surface area contributed by atoms with E-state index in [1.807, 2.05) is 13.2 Å². The Labute approximate surface area is 128 Å². The van der Waals surface area contributed by atoms with Crippen LogP contribution in [-0.4, -0.2) is 45.9 Å². The summed E-state index contributed by atoms with van der Waals surface area (Å²) < 4.78 is 8.05. The van der Waals surface area contributed by atoms with Gasteiger partial charge in [-0.05, 0) is 24.1 Å². The van der Waals surface area contributed by atoms with E-state index in [1.54, 1.807) is 41.2 Å². The molecule has 0 spiro atoms. The maximum absolute atomic E-state index is 12.2. The summed E-state index contributed by atoms with van der Waals surface area (Å²) in [7, 11) is 5.01. The first-order valence-corrected chi connectivity index (χ1v) is 6.96. The third-order valence-corrected chi connectivity index (χ3v) is 3.43. The first-order chi connectivity index (χ1) is 10.5. The molecule has 0 unspecified atom stereocenters. The number of carbonyl (C=O) groups excluding carboxylic acids is 1. The van der Waals surface area contributed by atoms with E-state index in [-0.39, 0.29) is 23.8 Å². The highest BCUT2D eigenvalue weighted by Crippen LogP contribution is 2.02. The average Bonchev–Trinajstić information content (AvgIpc) is 2.92. The number of amides is 1. The molecular weight excluding hydrogens is 284 g/mol. The Hall–Kier alpha value is -2.57. The van der Waals surface area contributed by atoms with Gasteiger partial charge in [0.15, 0.2) is 5.75 Å². The van der Waals surface area contributed by atoms with Crippen LogP contribution in [0.5, 0.6) is 5.75 Å². The number of ether oxygens (including phenoxy) is 1. The summed E-state index contributed by atoms with van der Waals surface area (Å²) in [5, 5.41) is 4.09. The molecule has 2 heterocycles. The van der Waals surface area contributed by atoms with Crippen LogP contribution in [0.2, 0.25) is 0 Å². The van der Waals surface area contributed by atoms with Crippen LogP contribution in [0.25, 0.3) is 0 Å². The average molecular weight is 304 g/mol. The van der Waals surface area contributed by atoms with Crippen LogP contribution < -0.4 is 10.3 Å². The van der Waals surface area contributed by atoms with Crippen molar-refractivity contribution in [3.05, 3.63) is 46.6 Å². The lowest BCUT2D eigenvalue weighted by atomic mass is 10.2. The van der Waals surface area contributed by atoms with E-state index in [4.69, 9.17) is 4.74 Å². The fourth-order valence-electron chi connectivity index (χ4n) is 2.08. The molecule has 2 aromatic rings. The van der Waals surface area contributed by atoms with E-state index in [9.17, 15) is 9.59 Å². The van der Waals surface area contributed by atoms with Gasteiger partial charge in [0, 0.05) is 33.0 Å². The molecule has 0 aliphatic heterocycles. The van der Waals surface area contributed by atoms with Crippen molar-refractivity contribution in [3.63, 3.8) is 0 Å².